The summed E-state index contributed by atoms with van der Waals surface area (Å²) < 4.78 is 0. The Bertz CT molecular complexity index is 247. The number of carbonyl (C=O) groups is 1. The van der Waals surface area contributed by atoms with Gasteiger partial charge >= 0.3 is 0 Å². The average Bonchev–Trinajstić information content (AvgIpc) is 2.37. The van der Waals surface area contributed by atoms with E-state index in [2.05, 4.69) is 12.2 Å². The zero-order valence-corrected chi connectivity index (χ0v) is 12.3. The first kappa shape index (κ1) is 17.3. The number of thiocarbonyl (C=S) groups is 1. The van der Waals surface area contributed by atoms with Crippen molar-refractivity contribution < 1.29 is 10.0 Å². The van der Waals surface area contributed by atoms with Crippen molar-refractivity contribution in [2.75, 3.05) is 0 Å². The molecule has 0 heterocycles. The highest BCUT2D eigenvalue weighted by molar-refractivity contribution is 7.80. The lowest BCUT2D eigenvalue weighted by atomic mass is 10.1. The third kappa shape index (κ3) is 8.42. The molecule has 0 aliphatic carbocycles. The molecule has 1 amide bonds. The zero-order valence-electron chi connectivity index (χ0n) is 11.5. The largest absolute Gasteiger partial charge is 0.347 e. The number of carbonyl (C=O) groups excluding carboxylic acids is 1. The van der Waals surface area contributed by atoms with Gasteiger partial charge in [0, 0.05) is 6.42 Å². The standard InChI is InChI=1S/C13H26N2O2S/c1-3-5-6-7-8-10-12(16)14-11(9-4-2)13(18)15-17/h11,17H,3-10H2,1-2H3,(H,14,16)(H,15,18)/t11-/m1/s1. The normalized spacial score (nSPS) is 11.9. The van der Waals surface area contributed by atoms with Crippen LogP contribution in [0, 0.1) is 0 Å². The Morgan fingerprint density at radius 3 is 2.39 bits per heavy atom. The first-order valence-electron chi connectivity index (χ1n) is 6.89. The van der Waals surface area contributed by atoms with Crippen molar-refractivity contribution in [3.8, 4) is 0 Å². The Hall–Kier alpha value is -0.680. The molecule has 106 valence electrons. The van der Waals surface area contributed by atoms with Gasteiger partial charge in [-0.3, -0.25) is 15.5 Å². The van der Waals surface area contributed by atoms with Gasteiger partial charge < -0.3 is 5.32 Å². The minimum absolute atomic E-state index is 0.0162. The van der Waals surface area contributed by atoms with E-state index in [0.717, 1.165) is 25.7 Å². The smallest absolute Gasteiger partial charge is 0.220 e. The fraction of sp³-hybridized carbons (Fsp3) is 0.846. The van der Waals surface area contributed by atoms with Crippen molar-refractivity contribution >= 4 is 23.1 Å². The lowest BCUT2D eigenvalue weighted by Gasteiger charge is -2.18. The first-order valence-corrected chi connectivity index (χ1v) is 7.29. The van der Waals surface area contributed by atoms with E-state index in [9.17, 15) is 4.79 Å². The highest BCUT2D eigenvalue weighted by Crippen LogP contribution is 2.06. The fourth-order valence-corrected chi connectivity index (χ4v) is 1.97. The molecule has 4 nitrogen and oxygen atoms in total. The van der Waals surface area contributed by atoms with Crippen LogP contribution < -0.4 is 10.8 Å². The molecule has 0 unspecified atom stereocenters. The number of nitrogens with one attached hydrogen (secondary N) is 2. The third-order valence-corrected chi connectivity index (χ3v) is 3.22. The molecule has 0 radical (unpaired) electrons. The predicted molar refractivity (Wildman–Crippen MR) is 77.7 cm³/mol. The van der Waals surface area contributed by atoms with Crippen LogP contribution in [0.15, 0.2) is 0 Å². The molecule has 0 fully saturated rings. The lowest BCUT2D eigenvalue weighted by molar-refractivity contribution is -0.121. The summed E-state index contributed by atoms with van der Waals surface area (Å²) in [5, 5.41) is 11.6. The van der Waals surface area contributed by atoms with Crippen LogP contribution in [0.3, 0.4) is 0 Å². The molecule has 18 heavy (non-hydrogen) atoms. The van der Waals surface area contributed by atoms with E-state index in [0.29, 0.717) is 6.42 Å². The first-order chi connectivity index (χ1) is 8.65. The van der Waals surface area contributed by atoms with E-state index in [-0.39, 0.29) is 16.9 Å². The van der Waals surface area contributed by atoms with Gasteiger partial charge in [0.15, 0.2) is 0 Å². The summed E-state index contributed by atoms with van der Waals surface area (Å²) in [5.74, 6) is 0.0162. The van der Waals surface area contributed by atoms with Crippen molar-refractivity contribution in [3.05, 3.63) is 0 Å². The van der Waals surface area contributed by atoms with Crippen molar-refractivity contribution in [3.63, 3.8) is 0 Å². The molecule has 0 aliphatic heterocycles. The van der Waals surface area contributed by atoms with Crippen LogP contribution >= 0.6 is 12.2 Å². The zero-order chi connectivity index (χ0) is 13.8. The number of hydrogen-bond donors (Lipinski definition) is 3. The molecular weight excluding hydrogens is 248 g/mol. The molecule has 0 bridgehead atoms. The Morgan fingerprint density at radius 1 is 1.17 bits per heavy atom. The summed E-state index contributed by atoms with van der Waals surface area (Å²) in [6, 6.07) is -0.252. The van der Waals surface area contributed by atoms with E-state index in [1.165, 1.54) is 19.3 Å². The second-order valence-corrected chi connectivity index (χ2v) is 4.99. The van der Waals surface area contributed by atoms with E-state index < -0.39 is 0 Å². The molecule has 1 atom stereocenters. The quantitative estimate of drug-likeness (QED) is 0.326. The Balaban J connectivity index is 3.84. The van der Waals surface area contributed by atoms with Crippen molar-refractivity contribution in [2.45, 2.75) is 71.3 Å². The second-order valence-electron chi connectivity index (χ2n) is 4.55. The van der Waals surface area contributed by atoms with Crippen LogP contribution in [-0.4, -0.2) is 22.1 Å². The van der Waals surface area contributed by atoms with E-state index in [4.69, 9.17) is 17.4 Å². The van der Waals surface area contributed by atoms with Gasteiger partial charge in [-0.1, -0.05) is 58.2 Å². The maximum atomic E-state index is 11.7. The third-order valence-electron chi connectivity index (χ3n) is 2.85. The summed E-state index contributed by atoms with van der Waals surface area (Å²) in [6.45, 7) is 4.19. The summed E-state index contributed by atoms with van der Waals surface area (Å²) in [6.07, 6.45) is 7.85. The van der Waals surface area contributed by atoms with Gasteiger partial charge in [0.2, 0.25) is 5.91 Å². The van der Waals surface area contributed by atoms with Gasteiger partial charge in [0.25, 0.3) is 0 Å². The van der Waals surface area contributed by atoms with Crippen molar-refractivity contribution in [1.82, 2.24) is 10.8 Å². The Morgan fingerprint density at radius 2 is 1.83 bits per heavy atom. The molecule has 0 aromatic heterocycles. The monoisotopic (exact) mass is 274 g/mol. The summed E-state index contributed by atoms with van der Waals surface area (Å²) in [5.41, 5.74) is 1.96. The fourth-order valence-electron chi connectivity index (χ4n) is 1.79. The van der Waals surface area contributed by atoms with Gasteiger partial charge in [0.1, 0.15) is 4.99 Å². The van der Waals surface area contributed by atoms with Crippen molar-refractivity contribution in [1.29, 1.82) is 0 Å². The summed E-state index contributed by atoms with van der Waals surface area (Å²) in [4.78, 5) is 12.0. The molecule has 0 saturated carbocycles. The maximum Gasteiger partial charge on any atom is 0.220 e. The molecular formula is C13H26N2O2S. The molecule has 0 aromatic rings. The van der Waals surface area contributed by atoms with Crippen LogP contribution in [0.4, 0.5) is 0 Å². The summed E-state index contributed by atoms with van der Waals surface area (Å²) in [7, 11) is 0. The highest BCUT2D eigenvalue weighted by atomic mass is 32.1. The van der Waals surface area contributed by atoms with Crippen LogP contribution in [0.2, 0.25) is 0 Å². The maximum absolute atomic E-state index is 11.7. The molecule has 0 saturated heterocycles. The topological polar surface area (TPSA) is 61.4 Å². The van der Waals surface area contributed by atoms with Gasteiger partial charge in [0.05, 0.1) is 6.04 Å². The minimum atomic E-state index is -0.252. The minimum Gasteiger partial charge on any atom is -0.347 e. The number of hydrogen-bond acceptors (Lipinski definition) is 3. The SMILES string of the molecule is CCCCCCCC(=O)N[C@H](CCC)C(=S)NO. The van der Waals surface area contributed by atoms with E-state index in [1.54, 1.807) is 0 Å². The molecule has 0 spiro atoms. The lowest BCUT2D eigenvalue weighted by Crippen LogP contribution is -2.44. The van der Waals surface area contributed by atoms with Crippen LogP contribution in [-0.2, 0) is 4.79 Å². The van der Waals surface area contributed by atoms with Crippen LogP contribution in [0.1, 0.15) is 65.2 Å². The van der Waals surface area contributed by atoms with Gasteiger partial charge in [-0.15, -0.1) is 0 Å². The van der Waals surface area contributed by atoms with Gasteiger partial charge in [-0.25, -0.2) is 0 Å². The van der Waals surface area contributed by atoms with Gasteiger partial charge in [-0.2, -0.15) is 0 Å². The number of hydroxylamine groups is 1. The van der Waals surface area contributed by atoms with E-state index >= 15 is 0 Å². The average molecular weight is 274 g/mol. The van der Waals surface area contributed by atoms with Crippen molar-refractivity contribution in [2.24, 2.45) is 0 Å². The molecule has 5 heteroatoms. The molecule has 0 aliphatic rings. The number of amides is 1. The van der Waals surface area contributed by atoms with Crippen LogP contribution in [0.25, 0.3) is 0 Å². The number of unbranched alkanes of at least 4 members (excludes halogenated alkanes) is 4. The van der Waals surface area contributed by atoms with Gasteiger partial charge in [-0.05, 0) is 12.8 Å². The Labute approximate surface area is 115 Å². The molecule has 3 N–H and O–H groups in total. The number of rotatable bonds is 10. The predicted octanol–water partition coefficient (Wildman–Crippen LogP) is 2.94. The Kier molecular flexibility index (Phi) is 11.0. The second kappa shape index (κ2) is 11.4. The summed E-state index contributed by atoms with van der Waals surface area (Å²) >= 11 is 4.95. The van der Waals surface area contributed by atoms with E-state index in [1.807, 2.05) is 12.4 Å². The highest BCUT2D eigenvalue weighted by Gasteiger charge is 2.15. The molecule has 0 aromatic carbocycles. The molecule has 0 rings (SSSR count). The van der Waals surface area contributed by atoms with Crippen LogP contribution in [0.5, 0.6) is 0 Å².